The van der Waals surface area contributed by atoms with Gasteiger partial charge in [-0.25, -0.2) is 0 Å². The second-order valence-corrected chi connectivity index (χ2v) is 4.50. The minimum atomic E-state index is -0.404. The fourth-order valence-corrected chi connectivity index (χ4v) is 1.76. The van der Waals surface area contributed by atoms with Crippen molar-refractivity contribution in [3.05, 3.63) is 16.4 Å². The van der Waals surface area contributed by atoms with Crippen LogP contribution in [0.1, 0.15) is 24.6 Å². The van der Waals surface area contributed by atoms with Crippen molar-refractivity contribution in [2.45, 2.75) is 32.8 Å². The fourth-order valence-electron chi connectivity index (χ4n) is 1.52. The lowest BCUT2D eigenvalue weighted by molar-refractivity contribution is -0.120. The van der Waals surface area contributed by atoms with E-state index in [2.05, 4.69) is 10.4 Å². The van der Waals surface area contributed by atoms with Gasteiger partial charge >= 0.3 is 0 Å². The molecule has 1 atom stereocenters. The molecule has 1 amide bonds. The molecule has 1 unspecified atom stereocenters. The van der Waals surface area contributed by atoms with Gasteiger partial charge in [-0.1, -0.05) is 11.6 Å². The van der Waals surface area contributed by atoms with E-state index in [0.717, 1.165) is 11.3 Å². The van der Waals surface area contributed by atoms with Crippen LogP contribution >= 0.6 is 11.6 Å². The summed E-state index contributed by atoms with van der Waals surface area (Å²) in [4.78, 5) is 11.6. The third-order valence-corrected chi connectivity index (χ3v) is 2.96. The first-order valence-electron chi connectivity index (χ1n) is 5.54. The summed E-state index contributed by atoms with van der Waals surface area (Å²) in [6, 6.07) is 0. The number of aliphatic hydroxyl groups is 1. The Morgan fingerprint density at radius 2 is 2.29 bits per heavy atom. The molecule has 0 fully saturated rings. The molecule has 0 aliphatic heterocycles. The second-order valence-electron chi connectivity index (χ2n) is 4.14. The van der Waals surface area contributed by atoms with E-state index in [1.165, 1.54) is 0 Å². The van der Waals surface area contributed by atoms with Crippen LogP contribution in [-0.2, 0) is 18.3 Å². The molecule has 0 saturated carbocycles. The van der Waals surface area contributed by atoms with E-state index in [4.69, 9.17) is 16.7 Å². The van der Waals surface area contributed by atoms with Gasteiger partial charge in [0.2, 0.25) is 5.91 Å². The predicted octanol–water partition coefficient (Wildman–Crippen LogP) is 0.812. The molecule has 0 spiro atoms. The van der Waals surface area contributed by atoms with Gasteiger partial charge in [0.15, 0.2) is 0 Å². The number of aromatic nitrogens is 2. The zero-order chi connectivity index (χ0) is 13.0. The Morgan fingerprint density at radius 3 is 2.76 bits per heavy atom. The molecule has 1 aromatic heterocycles. The molecule has 5 nitrogen and oxygen atoms in total. The average molecular weight is 260 g/mol. The van der Waals surface area contributed by atoms with Crippen molar-refractivity contribution < 1.29 is 9.90 Å². The van der Waals surface area contributed by atoms with Gasteiger partial charge in [-0.05, 0) is 20.3 Å². The van der Waals surface area contributed by atoms with E-state index < -0.39 is 6.10 Å². The molecule has 1 rings (SSSR count). The molecular formula is C11H18ClN3O2. The molecule has 0 aromatic carbocycles. The van der Waals surface area contributed by atoms with Gasteiger partial charge in [-0.2, -0.15) is 5.10 Å². The Hall–Kier alpha value is -1.07. The van der Waals surface area contributed by atoms with Crippen LogP contribution in [-0.4, -0.2) is 33.4 Å². The number of carbonyl (C=O) groups excluding carboxylic acids is 1. The number of amides is 1. The van der Waals surface area contributed by atoms with E-state index in [0.29, 0.717) is 18.1 Å². The number of aliphatic hydroxyl groups excluding tert-OH is 1. The smallest absolute Gasteiger partial charge is 0.224 e. The molecule has 1 aromatic rings. The first-order chi connectivity index (χ1) is 7.91. The summed E-state index contributed by atoms with van der Waals surface area (Å²) in [5.74, 6) is -0.108. The molecule has 2 N–H and O–H groups in total. The van der Waals surface area contributed by atoms with Crippen LogP contribution in [0, 0.1) is 6.92 Å². The summed E-state index contributed by atoms with van der Waals surface area (Å²) in [5.41, 5.74) is 1.52. The number of nitrogens with zero attached hydrogens (tertiary/aromatic N) is 2. The molecule has 0 bridgehead atoms. The zero-order valence-electron chi connectivity index (χ0n) is 10.3. The summed E-state index contributed by atoms with van der Waals surface area (Å²) in [6.07, 6.45) is 0.364. The van der Waals surface area contributed by atoms with Crippen LogP contribution in [0.5, 0.6) is 0 Å². The van der Waals surface area contributed by atoms with Crippen LogP contribution in [0.15, 0.2) is 0 Å². The number of rotatable bonds is 5. The number of aryl methyl sites for hydroxylation is 2. The highest BCUT2D eigenvalue weighted by Crippen LogP contribution is 2.18. The van der Waals surface area contributed by atoms with Crippen LogP contribution in [0.3, 0.4) is 0 Å². The normalized spacial score (nSPS) is 12.5. The highest BCUT2D eigenvalue weighted by atomic mass is 35.5. The Balaban J connectivity index is 2.51. The largest absolute Gasteiger partial charge is 0.393 e. The van der Waals surface area contributed by atoms with Crippen LogP contribution < -0.4 is 5.32 Å². The van der Waals surface area contributed by atoms with Crippen molar-refractivity contribution in [3.8, 4) is 0 Å². The predicted molar refractivity (Wildman–Crippen MR) is 66.0 cm³/mol. The van der Waals surface area contributed by atoms with E-state index in [-0.39, 0.29) is 12.3 Å². The van der Waals surface area contributed by atoms with Gasteiger partial charge in [0.25, 0.3) is 0 Å². The average Bonchev–Trinajstić information content (AvgIpc) is 2.44. The lowest BCUT2D eigenvalue weighted by Gasteiger charge is -2.06. The lowest BCUT2D eigenvalue weighted by Crippen LogP contribution is -2.28. The van der Waals surface area contributed by atoms with Crippen LogP contribution in [0.25, 0.3) is 0 Å². The number of carbonyl (C=O) groups is 1. The SMILES string of the molecule is Cc1nn(C)c(Cl)c1CC(=O)NCCC(C)O. The number of hydrogen-bond donors (Lipinski definition) is 2. The Kier molecular flexibility index (Phi) is 4.96. The molecule has 0 saturated heterocycles. The molecule has 17 heavy (non-hydrogen) atoms. The van der Waals surface area contributed by atoms with Crippen molar-refractivity contribution in [2.75, 3.05) is 6.54 Å². The number of nitrogens with one attached hydrogen (secondary N) is 1. The van der Waals surface area contributed by atoms with Gasteiger partial charge < -0.3 is 10.4 Å². The zero-order valence-corrected chi connectivity index (χ0v) is 11.1. The molecule has 0 aliphatic rings. The van der Waals surface area contributed by atoms with Gasteiger partial charge in [0, 0.05) is 19.2 Å². The van der Waals surface area contributed by atoms with Gasteiger partial charge in [-0.15, -0.1) is 0 Å². The monoisotopic (exact) mass is 259 g/mol. The van der Waals surface area contributed by atoms with Crippen molar-refractivity contribution in [1.29, 1.82) is 0 Å². The number of hydrogen-bond acceptors (Lipinski definition) is 3. The van der Waals surface area contributed by atoms with Crippen molar-refractivity contribution in [2.24, 2.45) is 7.05 Å². The van der Waals surface area contributed by atoms with Gasteiger partial charge in [0.1, 0.15) is 5.15 Å². The van der Waals surface area contributed by atoms with Crippen LogP contribution in [0.4, 0.5) is 0 Å². The summed E-state index contributed by atoms with van der Waals surface area (Å²) in [5, 5.41) is 16.4. The van der Waals surface area contributed by atoms with E-state index >= 15 is 0 Å². The molecule has 96 valence electrons. The molecular weight excluding hydrogens is 242 g/mol. The number of halogens is 1. The Morgan fingerprint density at radius 1 is 1.65 bits per heavy atom. The molecule has 0 radical (unpaired) electrons. The topological polar surface area (TPSA) is 67.2 Å². The maximum atomic E-state index is 11.6. The van der Waals surface area contributed by atoms with E-state index in [1.54, 1.807) is 18.7 Å². The quantitative estimate of drug-likeness (QED) is 0.822. The third kappa shape index (κ3) is 4.02. The van der Waals surface area contributed by atoms with Gasteiger partial charge in [0.05, 0.1) is 18.2 Å². The van der Waals surface area contributed by atoms with E-state index in [1.807, 2.05) is 6.92 Å². The summed E-state index contributed by atoms with van der Waals surface area (Å²) in [6.45, 7) is 3.98. The first-order valence-corrected chi connectivity index (χ1v) is 5.92. The van der Waals surface area contributed by atoms with Gasteiger partial charge in [-0.3, -0.25) is 9.48 Å². The maximum absolute atomic E-state index is 11.6. The highest BCUT2D eigenvalue weighted by molar-refractivity contribution is 6.30. The lowest BCUT2D eigenvalue weighted by atomic mass is 10.2. The Bertz CT molecular complexity index is 402. The minimum absolute atomic E-state index is 0.108. The van der Waals surface area contributed by atoms with Crippen molar-refractivity contribution in [1.82, 2.24) is 15.1 Å². The Labute approximate surface area is 106 Å². The minimum Gasteiger partial charge on any atom is -0.393 e. The molecule has 6 heteroatoms. The highest BCUT2D eigenvalue weighted by Gasteiger charge is 2.14. The van der Waals surface area contributed by atoms with Crippen molar-refractivity contribution in [3.63, 3.8) is 0 Å². The third-order valence-electron chi connectivity index (χ3n) is 2.49. The first kappa shape index (κ1) is 14.0. The van der Waals surface area contributed by atoms with E-state index in [9.17, 15) is 4.79 Å². The summed E-state index contributed by atoms with van der Waals surface area (Å²) < 4.78 is 1.55. The summed E-state index contributed by atoms with van der Waals surface area (Å²) in [7, 11) is 1.74. The van der Waals surface area contributed by atoms with Crippen molar-refractivity contribution >= 4 is 17.5 Å². The van der Waals surface area contributed by atoms with Crippen LogP contribution in [0.2, 0.25) is 5.15 Å². The maximum Gasteiger partial charge on any atom is 0.224 e. The summed E-state index contributed by atoms with van der Waals surface area (Å²) >= 11 is 6.02. The fraction of sp³-hybridized carbons (Fsp3) is 0.636. The molecule has 0 aliphatic carbocycles. The molecule has 1 heterocycles. The standard InChI is InChI=1S/C11H18ClN3O2/c1-7(16)4-5-13-10(17)6-9-8(2)14-15(3)11(9)12/h7,16H,4-6H2,1-3H3,(H,13,17). The second kappa shape index (κ2) is 6.02.